The Balaban J connectivity index is 2.14. The van der Waals surface area contributed by atoms with Crippen LogP contribution in [-0.2, 0) is 26.2 Å². The fraction of sp³-hybridized carbons (Fsp3) is 0.481. The molecule has 0 aliphatic heterocycles. The lowest BCUT2D eigenvalue weighted by Crippen LogP contribution is -2.48. The van der Waals surface area contributed by atoms with E-state index in [2.05, 4.69) is 5.32 Å². The Morgan fingerprint density at radius 3 is 2.32 bits per heavy atom. The van der Waals surface area contributed by atoms with Crippen LogP contribution < -0.4 is 14.4 Å². The minimum Gasteiger partial charge on any atom is -0.494 e. The maximum atomic E-state index is 13.3. The van der Waals surface area contributed by atoms with Gasteiger partial charge in [-0.1, -0.05) is 43.1 Å². The van der Waals surface area contributed by atoms with E-state index in [1.54, 1.807) is 43.3 Å². The molecule has 0 aliphatic carbocycles. The minimum absolute atomic E-state index is 0.0695. The first-order chi connectivity index (χ1) is 17.6. The number of sulfonamides is 1. The summed E-state index contributed by atoms with van der Waals surface area (Å²) in [5.41, 5.74) is 1.23. The van der Waals surface area contributed by atoms with Crippen LogP contribution in [0.25, 0.3) is 0 Å². The second-order valence-corrected chi connectivity index (χ2v) is 11.1. The van der Waals surface area contributed by atoms with Crippen molar-refractivity contribution in [1.29, 1.82) is 0 Å². The molecular formula is C27H38ClN3O5S. The smallest absolute Gasteiger partial charge is 0.242 e. The maximum absolute atomic E-state index is 13.3. The summed E-state index contributed by atoms with van der Waals surface area (Å²) in [5, 5.41) is 3.40. The summed E-state index contributed by atoms with van der Waals surface area (Å²) in [4.78, 5) is 27.6. The van der Waals surface area contributed by atoms with E-state index in [4.69, 9.17) is 16.3 Å². The van der Waals surface area contributed by atoms with E-state index >= 15 is 0 Å². The Bertz CT molecular complexity index is 1130. The Hall–Kier alpha value is -2.78. The highest BCUT2D eigenvalue weighted by atomic mass is 35.5. The Morgan fingerprint density at radius 1 is 1.05 bits per heavy atom. The van der Waals surface area contributed by atoms with Crippen LogP contribution in [0.1, 0.15) is 52.0 Å². The fourth-order valence-corrected chi connectivity index (χ4v) is 4.97. The lowest BCUT2D eigenvalue weighted by Gasteiger charge is -2.29. The van der Waals surface area contributed by atoms with Crippen molar-refractivity contribution in [3.05, 3.63) is 59.1 Å². The molecule has 10 heteroatoms. The molecule has 2 aromatic rings. The van der Waals surface area contributed by atoms with Gasteiger partial charge in [0, 0.05) is 31.1 Å². The van der Waals surface area contributed by atoms with Crippen molar-refractivity contribution >= 4 is 39.1 Å². The number of rotatable bonds is 15. The number of carbonyl (C=O) groups excluding carboxylic acids is 2. The number of nitrogens with one attached hydrogen (secondary N) is 1. The number of anilines is 1. The number of carbonyl (C=O) groups is 2. The first-order valence-corrected chi connectivity index (χ1v) is 14.8. The van der Waals surface area contributed by atoms with E-state index in [0.29, 0.717) is 29.6 Å². The third-order valence-corrected chi connectivity index (χ3v) is 7.45. The fourth-order valence-electron chi connectivity index (χ4n) is 3.81. The average molecular weight is 552 g/mol. The van der Waals surface area contributed by atoms with Crippen LogP contribution in [0.3, 0.4) is 0 Å². The van der Waals surface area contributed by atoms with Gasteiger partial charge in [0.1, 0.15) is 11.8 Å². The van der Waals surface area contributed by atoms with Gasteiger partial charge in [-0.05, 0) is 62.6 Å². The standard InChI is InChI=1S/C27H38ClN3O5S/c1-5-7-18-29-27(33)21(3)30(20-22-11-8-9-12-25(22)28)26(32)13-10-19-31(37(4,34)35)23-14-16-24(17-15-23)36-6-2/h8-9,11-12,14-17,21H,5-7,10,13,18-20H2,1-4H3,(H,29,33)/t21-/m1/s1. The third-order valence-electron chi connectivity index (χ3n) is 5.88. The third kappa shape index (κ3) is 9.55. The lowest BCUT2D eigenvalue weighted by atomic mass is 10.1. The van der Waals surface area contributed by atoms with Crippen LogP contribution in [0.15, 0.2) is 48.5 Å². The molecule has 2 rings (SSSR count). The number of hydrogen-bond acceptors (Lipinski definition) is 5. The Kier molecular flexibility index (Phi) is 12.2. The molecule has 8 nitrogen and oxygen atoms in total. The monoisotopic (exact) mass is 551 g/mol. The molecule has 1 atom stereocenters. The van der Waals surface area contributed by atoms with Crippen molar-refractivity contribution < 1.29 is 22.7 Å². The maximum Gasteiger partial charge on any atom is 0.242 e. The van der Waals surface area contributed by atoms with Crippen LogP contribution in [0.4, 0.5) is 5.69 Å². The highest BCUT2D eigenvalue weighted by molar-refractivity contribution is 7.92. The first kappa shape index (κ1) is 30.4. The number of benzene rings is 2. The van der Waals surface area contributed by atoms with Gasteiger partial charge in [0.25, 0.3) is 0 Å². The summed E-state index contributed by atoms with van der Waals surface area (Å²) in [7, 11) is -3.57. The summed E-state index contributed by atoms with van der Waals surface area (Å²) in [6.07, 6.45) is 3.28. The molecule has 0 fully saturated rings. The van der Waals surface area contributed by atoms with E-state index in [0.717, 1.165) is 24.7 Å². The number of amides is 2. The minimum atomic E-state index is -3.57. The first-order valence-electron chi connectivity index (χ1n) is 12.6. The number of ether oxygens (including phenoxy) is 1. The van der Waals surface area contributed by atoms with E-state index in [-0.39, 0.29) is 37.7 Å². The molecule has 0 saturated heterocycles. The number of halogens is 1. The number of unbranched alkanes of at least 4 members (excludes halogenated alkanes) is 1. The molecule has 0 saturated carbocycles. The lowest BCUT2D eigenvalue weighted by molar-refractivity contribution is -0.140. The predicted octanol–water partition coefficient (Wildman–Crippen LogP) is 4.62. The molecule has 0 spiro atoms. The van der Waals surface area contributed by atoms with Crippen molar-refractivity contribution in [2.24, 2.45) is 0 Å². The van der Waals surface area contributed by atoms with E-state index in [1.807, 2.05) is 26.0 Å². The molecule has 1 N–H and O–H groups in total. The second-order valence-electron chi connectivity index (χ2n) is 8.80. The van der Waals surface area contributed by atoms with Gasteiger partial charge in [-0.3, -0.25) is 13.9 Å². The average Bonchev–Trinajstić information content (AvgIpc) is 2.86. The van der Waals surface area contributed by atoms with E-state index < -0.39 is 16.1 Å². The molecule has 2 aromatic carbocycles. The van der Waals surface area contributed by atoms with Gasteiger partial charge in [0.2, 0.25) is 21.8 Å². The van der Waals surface area contributed by atoms with Crippen LogP contribution in [0.5, 0.6) is 5.75 Å². The van der Waals surface area contributed by atoms with Crippen LogP contribution in [-0.4, -0.2) is 57.1 Å². The van der Waals surface area contributed by atoms with Crippen molar-refractivity contribution in [1.82, 2.24) is 10.2 Å². The zero-order chi connectivity index (χ0) is 27.4. The number of nitrogens with zero attached hydrogens (tertiary/aromatic N) is 2. The molecule has 204 valence electrons. The van der Waals surface area contributed by atoms with Crippen molar-refractivity contribution in [2.45, 2.75) is 59.0 Å². The molecule has 0 unspecified atom stereocenters. The van der Waals surface area contributed by atoms with Gasteiger partial charge in [0.15, 0.2) is 0 Å². The predicted molar refractivity (Wildman–Crippen MR) is 148 cm³/mol. The highest BCUT2D eigenvalue weighted by Gasteiger charge is 2.27. The van der Waals surface area contributed by atoms with Crippen LogP contribution in [0, 0.1) is 0 Å². The molecule has 0 radical (unpaired) electrons. The van der Waals surface area contributed by atoms with Gasteiger partial charge in [-0.2, -0.15) is 0 Å². The summed E-state index contributed by atoms with van der Waals surface area (Å²) in [6.45, 7) is 6.95. The largest absolute Gasteiger partial charge is 0.494 e. The topological polar surface area (TPSA) is 96.0 Å². The summed E-state index contributed by atoms with van der Waals surface area (Å²) >= 11 is 6.33. The summed E-state index contributed by atoms with van der Waals surface area (Å²) in [6, 6.07) is 13.3. The van der Waals surface area contributed by atoms with E-state index in [9.17, 15) is 18.0 Å². The molecule has 2 amide bonds. The van der Waals surface area contributed by atoms with Crippen molar-refractivity contribution in [3.8, 4) is 5.75 Å². The molecule has 0 bridgehead atoms. The highest BCUT2D eigenvalue weighted by Crippen LogP contribution is 2.23. The second kappa shape index (κ2) is 14.8. The molecule has 0 aliphatic rings. The van der Waals surface area contributed by atoms with E-state index in [1.165, 1.54) is 9.21 Å². The quantitative estimate of drug-likeness (QED) is 0.326. The van der Waals surface area contributed by atoms with Crippen LogP contribution >= 0.6 is 11.6 Å². The molecule has 0 heterocycles. The zero-order valence-corrected chi connectivity index (χ0v) is 23.6. The van der Waals surface area contributed by atoms with Gasteiger partial charge in [0.05, 0.1) is 18.6 Å². The summed E-state index contributed by atoms with van der Waals surface area (Å²) in [5.74, 6) is 0.163. The summed E-state index contributed by atoms with van der Waals surface area (Å²) < 4.78 is 31.7. The van der Waals surface area contributed by atoms with Crippen LogP contribution in [0.2, 0.25) is 5.02 Å². The van der Waals surface area contributed by atoms with Gasteiger partial charge in [-0.25, -0.2) is 8.42 Å². The molecule has 37 heavy (non-hydrogen) atoms. The number of hydrogen-bond donors (Lipinski definition) is 1. The van der Waals surface area contributed by atoms with Gasteiger partial charge >= 0.3 is 0 Å². The SMILES string of the molecule is CCCCNC(=O)[C@@H](C)N(Cc1ccccc1Cl)C(=O)CCCN(c1ccc(OCC)cc1)S(C)(=O)=O. The Labute approximate surface area is 226 Å². The normalized spacial score (nSPS) is 12.0. The Morgan fingerprint density at radius 2 is 1.73 bits per heavy atom. The van der Waals surface area contributed by atoms with Crippen molar-refractivity contribution in [3.63, 3.8) is 0 Å². The zero-order valence-electron chi connectivity index (χ0n) is 22.1. The molecular weight excluding hydrogens is 514 g/mol. The van der Waals surface area contributed by atoms with Gasteiger partial charge in [-0.15, -0.1) is 0 Å². The van der Waals surface area contributed by atoms with Crippen molar-refractivity contribution in [2.75, 3.05) is 30.3 Å². The van der Waals surface area contributed by atoms with Gasteiger partial charge < -0.3 is 15.0 Å². The molecule has 0 aromatic heterocycles.